The molecule has 1 rings (SSSR count). The van der Waals surface area contributed by atoms with Crippen LogP contribution in [0.5, 0.6) is 0 Å². The van der Waals surface area contributed by atoms with Gasteiger partial charge in [-0.15, -0.1) is 0 Å². The van der Waals surface area contributed by atoms with Crippen molar-refractivity contribution >= 4 is 21.6 Å². The van der Waals surface area contributed by atoms with Crippen molar-refractivity contribution in [1.29, 1.82) is 0 Å². The van der Waals surface area contributed by atoms with Crippen LogP contribution in [0.3, 0.4) is 0 Å². The molecular weight excluding hydrogens is 272 g/mol. The number of hydrogen-bond acceptors (Lipinski definition) is 3. The Bertz CT molecular complexity index is 501. The van der Waals surface area contributed by atoms with Gasteiger partial charge in [-0.2, -0.15) is 0 Å². The third-order valence-corrected chi connectivity index (χ3v) is 4.29. The molecular formula is C12H19ClN2O2S. The molecule has 18 heavy (non-hydrogen) atoms. The zero-order valence-electron chi connectivity index (χ0n) is 10.8. The van der Waals surface area contributed by atoms with Crippen molar-refractivity contribution in [2.45, 2.75) is 31.7 Å². The van der Waals surface area contributed by atoms with Gasteiger partial charge in [0.25, 0.3) is 0 Å². The summed E-state index contributed by atoms with van der Waals surface area (Å²) in [5.41, 5.74) is 0.931. The van der Waals surface area contributed by atoms with E-state index in [1.807, 2.05) is 20.8 Å². The van der Waals surface area contributed by atoms with Gasteiger partial charge in [0.2, 0.25) is 10.0 Å². The molecule has 0 spiro atoms. The van der Waals surface area contributed by atoms with E-state index in [0.29, 0.717) is 19.1 Å². The zero-order chi connectivity index (χ0) is 13.8. The fourth-order valence-corrected chi connectivity index (χ4v) is 3.08. The molecule has 0 aliphatic carbocycles. The number of sulfonamides is 1. The SMILES string of the molecule is Cc1ccc(S(=O)(=O)NCCNC(C)C)c(Cl)c1. The van der Waals surface area contributed by atoms with Crippen LogP contribution >= 0.6 is 11.6 Å². The second-order valence-electron chi connectivity index (χ2n) is 4.44. The second-order valence-corrected chi connectivity index (χ2v) is 6.58. The van der Waals surface area contributed by atoms with Gasteiger partial charge < -0.3 is 5.32 Å². The Morgan fingerprint density at radius 3 is 2.50 bits per heavy atom. The molecule has 0 aliphatic rings. The molecule has 0 amide bonds. The Balaban J connectivity index is 2.69. The number of benzene rings is 1. The smallest absolute Gasteiger partial charge is 0.242 e. The maximum Gasteiger partial charge on any atom is 0.242 e. The van der Waals surface area contributed by atoms with E-state index in [0.717, 1.165) is 5.56 Å². The lowest BCUT2D eigenvalue weighted by molar-refractivity contribution is 0.559. The summed E-state index contributed by atoms with van der Waals surface area (Å²) in [7, 11) is -3.53. The van der Waals surface area contributed by atoms with Crippen molar-refractivity contribution in [3.63, 3.8) is 0 Å². The molecule has 0 saturated heterocycles. The average molecular weight is 291 g/mol. The number of nitrogens with one attached hydrogen (secondary N) is 2. The van der Waals surface area contributed by atoms with Gasteiger partial charge in [-0.1, -0.05) is 31.5 Å². The molecule has 0 radical (unpaired) electrons. The van der Waals surface area contributed by atoms with Gasteiger partial charge in [-0.3, -0.25) is 0 Å². The first kappa shape index (κ1) is 15.4. The van der Waals surface area contributed by atoms with Crippen molar-refractivity contribution in [2.75, 3.05) is 13.1 Å². The first-order valence-electron chi connectivity index (χ1n) is 5.82. The van der Waals surface area contributed by atoms with Crippen LogP contribution in [0.15, 0.2) is 23.1 Å². The van der Waals surface area contributed by atoms with Crippen LogP contribution < -0.4 is 10.0 Å². The van der Waals surface area contributed by atoms with Crippen LogP contribution in [0, 0.1) is 6.92 Å². The Labute approximate surface area is 114 Å². The maximum atomic E-state index is 12.0. The van der Waals surface area contributed by atoms with Crippen molar-refractivity contribution in [1.82, 2.24) is 10.0 Å². The fourth-order valence-electron chi connectivity index (χ4n) is 1.45. The Morgan fingerprint density at radius 1 is 1.28 bits per heavy atom. The van der Waals surface area contributed by atoms with E-state index in [-0.39, 0.29) is 9.92 Å². The van der Waals surface area contributed by atoms with Crippen molar-refractivity contribution in [2.24, 2.45) is 0 Å². The predicted molar refractivity (Wildman–Crippen MR) is 74.5 cm³/mol. The molecule has 2 N–H and O–H groups in total. The molecule has 1 aromatic rings. The van der Waals surface area contributed by atoms with Crippen LogP contribution in [0.4, 0.5) is 0 Å². The minimum absolute atomic E-state index is 0.124. The molecule has 1 aromatic carbocycles. The molecule has 0 aromatic heterocycles. The summed E-state index contributed by atoms with van der Waals surface area (Å²) in [4.78, 5) is 0.124. The first-order valence-corrected chi connectivity index (χ1v) is 7.68. The highest BCUT2D eigenvalue weighted by molar-refractivity contribution is 7.89. The van der Waals surface area contributed by atoms with Crippen molar-refractivity contribution in [3.8, 4) is 0 Å². The van der Waals surface area contributed by atoms with Crippen molar-refractivity contribution < 1.29 is 8.42 Å². The number of hydrogen-bond donors (Lipinski definition) is 2. The molecule has 6 heteroatoms. The maximum absolute atomic E-state index is 12.0. The summed E-state index contributed by atoms with van der Waals surface area (Å²) in [6, 6.07) is 5.23. The van der Waals surface area contributed by atoms with Crippen LogP contribution in [0.2, 0.25) is 5.02 Å². The molecule has 0 aliphatic heterocycles. The van der Waals surface area contributed by atoms with E-state index in [9.17, 15) is 8.42 Å². The average Bonchev–Trinajstić information content (AvgIpc) is 2.23. The molecule has 0 fully saturated rings. The van der Waals surface area contributed by atoms with Gasteiger partial charge in [0.05, 0.1) is 5.02 Å². The Morgan fingerprint density at radius 2 is 1.94 bits per heavy atom. The third-order valence-electron chi connectivity index (χ3n) is 2.35. The van der Waals surface area contributed by atoms with E-state index >= 15 is 0 Å². The van der Waals surface area contributed by atoms with Gasteiger partial charge in [0.15, 0.2) is 0 Å². The largest absolute Gasteiger partial charge is 0.313 e. The Hall–Kier alpha value is -0.620. The van der Waals surface area contributed by atoms with Gasteiger partial charge in [0, 0.05) is 19.1 Å². The van der Waals surface area contributed by atoms with E-state index in [1.165, 1.54) is 6.07 Å². The molecule has 0 bridgehead atoms. The zero-order valence-corrected chi connectivity index (χ0v) is 12.4. The summed E-state index contributed by atoms with van der Waals surface area (Å²) < 4.78 is 26.5. The number of rotatable bonds is 6. The summed E-state index contributed by atoms with van der Waals surface area (Å²) >= 11 is 5.94. The number of aryl methyl sites for hydroxylation is 1. The molecule has 102 valence electrons. The van der Waals surface area contributed by atoms with Crippen molar-refractivity contribution in [3.05, 3.63) is 28.8 Å². The molecule has 0 heterocycles. The normalized spacial score (nSPS) is 12.1. The topological polar surface area (TPSA) is 58.2 Å². The highest BCUT2D eigenvalue weighted by atomic mass is 35.5. The third kappa shape index (κ3) is 4.57. The first-order chi connectivity index (χ1) is 8.33. The number of halogens is 1. The minimum Gasteiger partial charge on any atom is -0.313 e. The van der Waals surface area contributed by atoms with Gasteiger partial charge in [-0.05, 0) is 24.6 Å². The molecule has 0 saturated carbocycles. The van der Waals surface area contributed by atoms with Gasteiger partial charge in [0.1, 0.15) is 4.90 Å². The minimum atomic E-state index is -3.53. The summed E-state index contributed by atoms with van der Waals surface area (Å²) in [5.74, 6) is 0. The summed E-state index contributed by atoms with van der Waals surface area (Å²) in [6.45, 7) is 6.80. The lowest BCUT2D eigenvalue weighted by Gasteiger charge is -2.11. The lowest BCUT2D eigenvalue weighted by Crippen LogP contribution is -2.34. The summed E-state index contributed by atoms with van der Waals surface area (Å²) in [5, 5.41) is 3.38. The van der Waals surface area contributed by atoms with E-state index in [4.69, 9.17) is 11.6 Å². The highest BCUT2D eigenvalue weighted by Gasteiger charge is 2.16. The standard InChI is InChI=1S/C12H19ClN2O2S/c1-9(2)14-6-7-15-18(16,17)12-5-4-10(3)8-11(12)13/h4-5,8-9,14-15H,6-7H2,1-3H3. The van der Waals surface area contributed by atoms with Crippen LogP contribution in [0.1, 0.15) is 19.4 Å². The fraction of sp³-hybridized carbons (Fsp3) is 0.500. The molecule has 0 atom stereocenters. The molecule has 0 unspecified atom stereocenters. The lowest BCUT2D eigenvalue weighted by atomic mass is 10.2. The van der Waals surface area contributed by atoms with Gasteiger partial charge in [-0.25, -0.2) is 13.1 Å². The van der Waals surface area contributed by atoms with E-state index < -0.39 is 10.0 Å². The van der Waals surface area contributed by atoms with E-state index in [1.54, 1.807) is 12.1 Å². The monoisotopic (exact) mass is 290 g/mol. The second kappa shape index (κ2) is 6.52. The summed E-state index contributed by atoms with van der Waals surface area (Å²) in [6.07, 6.45) is 0. The predicted octanol–water partition coefficient (Wildman–Crippen LogP) is 1.92. The van der Waals surface area contributed by atoms with Crippen LogP contribution in [-0.2, 0) is 10.0 Å². The quantitative estimate of drug-likeness (QED) is 0.787. The van der Waals surface area contributed by atoms with Crippen LogP contribution in [0.25, 0.3) is 0 Å². The van der Waals surface area contributed by atoms with Gasteiger partial charge >= 0.3 is 0 Å². The Kier molecular flexibility index (Phi) is 5.59. The highest BCUT2D eigenvalue weighted by Crippen LogP contribution is 2.21. The van der Waals surface area contributed by atoms with Crippen LogP contribution in [-0.4, -0.2) is 27.5 Å². The van der Waals surface area contributed by atoms with E-state index in [2.05, 4.69) is 10.0 Å². The molecule has 4 nitrogen and oxygen atoms in total.